The Morgan fingerprint density at radius 1 is 0.897 bits per heavy atom. The van der Waals surface area contributed by atoms with Gasteiger partial charge >= 0.3 is 0 Å². The van der Waals surface area contributed by atoms with Crippen molar-refractivity contribution in [3.63, 3.8) is 0 Å². The number of hydrogen-bond donors (Lipinski definition) is 0. The van der Waals surface area contributed by atoms with Crippen LogP contribution in [0.4, 0.5) is 5.69 Å². The van der Waals surface area contributed by atoms with E-state index < -0.39 is 22.7 Å². The summed E-state index contributed by atoms with van der Waals surface area (Å²) in [6, 6.07) is 31.3. The van der Waals surface area contributed by atoms with Gasteiger partial charge in [0.1, 0.15) is 5.75 Å². The van der Waals surface area contributed by atoms with Crippen LogP contribution in [-0.4, -0.2) is 15.5 Å². The lowest BCUT2D eigenvalue weighted by atomic mass is 9.84. The third kappa shape index (κ3) is 5.29. The van der Waals surface area contributed by atoms with E-state index in [4.69, 9.17) is 16.1 Å². The number of sulfonamides is 1. The highest BCUT2D eigenvalue weighted by Crippen LogP contribution is 2.58. The Bertz CT molecular complexity index is 1720. The number of aryl methyl sites for hydroxylation is 1. The van der Waals surface area contributed by atoms with Gasteiger partial charge in [-0.3, -0.25) is 0 Å². The predicted molar refractivity (Wildman–Crippen MR) is 162 cm³/mol. The van der Waals surface area contributed by atoms with Crippen LogP contribution < -0.4 is 14.7 Å². The molecule has 1 aliphatic rings. The lowest BCUT2D eigenvalue weighted by Gasteiger charge is -2.29. The molecule has 39 heavy (non-hydrogen) atoms. The first kappa shape index (κ1) is 27.3. The van der Waals surface area contributed by atoms with E-state index in [0.717, 1.165) is 22.5 Å². The number of nitrogens with zero attached hydrogens (tertiary/aromatic N) is 2. The SMILES string of the molecule is Cc1ccc(S(=O)(=O)N=P(/C=C2/N(C)c3ccccc3C2(C)C)(Oc2cccc(Cl)c2)c2ccccc2)cc1. The summed E-state index contributed by atoms with van der Waals surface area (Å²) in [5.74, 6) is 2.38. The van der Waals surface area contributed by atoms with Crippen molar-refractivity contribution in [3.05, 3.63) is 131 Å². The summed E-state index contributed by atoms with van der Waals surface area (Å²) >= 11 is 6.32. The van der Waals surface area contributed by atoms with Crippen LogP contribution in [0.25, 0.3) is 0 Å². The molecule has 0 amide bonds. The zero-order valence-electron chi connectivity index (χ0n) is 22.2. The second-order valence-electron chi connectivity index (χ2n) is 10.1. The fraction of sp³-hybridized carbons (Fsp3) is 0.161. The summed E-state index contributed by atoms with van der Waals surface area (Å²) in [5, 5.41) is 1.16. The Morgan fingerprint density at radius 2 is 1.56 bits per heavy atom. The van der Waals surface area contributed by atoms with Crippen LogP contribution in [0.3, 0.4) is 0 Å². The van der Waals surface area contributed by atoms with E-state index in [1.54, 1.807) is 48.5 Å². The van der Waals surface area contributed by atoms with Crippen LogP contribution in [0, 0.1) is 6.92 Å². The molecule has 1 heterocycles. The Balaban J connectivity index is 1.84. The standard InChI is InChI=1S/C31H30ClN2O3PS/c1-23-17-19-27(20-18-23)39(35,36)33-38(26-13-6-5-7-14-26,37-25-12-10-11-24(32)21-25)22-30-31(2,3)28-15-8-9-16-29(28)34(30)4/h5-22H,1-4H3/b30-22+. The molecule has 0 N–H and O–H groups in total. The number of benzene rings is 4. The quantitative estimate of drug-likeness (QED) is 0.217. The third-order valence-electron chi connectivity index (χ3n) is 6.95. The van der Waals surface area contributed by atoms with E-state index >= 15 is 0 Å². The minimum atomic E-state index is -4.12. The molecule has 4 aromatic carbocycles. The molecule has 0 spiro atoms. The van der Waals surface area contributed by atoms with Gasteiger partial charge in [-0.2, -0.15) is 8.42 Å². The van der Waals surface area contributed by atoms with Gasteiger partial charge in [0.15, 0.2) is 0 Å². The first-order valence-corrected chi connectivity index (χ1v) is 16.1. The maximum absolute atomic E-state index is 13.9. The second-order valence-corrected chi connectivity index (χ2v) is 14.8. The van der Waals surface area contributed by atoms with Crippen molar-refractivity contribution >= 4 is 39.9 Å². The van der Waals surface area contributed by atoms with Gasteiger partial charge in [-0.25, -0.2) is 0 Å². The van der Waals surface area contributed by atoms with Crippen molar-refractivity contribution in [2.75, 3.05) is 11.9 Å². The van der Waals surface area contributed by atoms with Crippen LogP contribution >= 0.6 is 18.9 Å². The highest BCUT2D eigenvalue weighted by atomic mass is 35.5. The van der Waals surface area contributed by atoms with Crippen molar-refractivity contribution in [1.82, 2.24) is 0 Å². The molecule has 5 nitrogen and oxygen atoms in total. The lowest BCUT2D eigenvalue weighted by Crippen LogP contribution is -2.24. The molecule has 1 unspecified atom stereocenters. The first-order chi connectivity index (χ1) is 18.5. The monoisotopic (exact) mass is 576 g/mol. The topological polar surface area (TPSA) is 59.0 Å². The molecule has 0 radical (unpaired) electrons. The lowest BCUT2D eigenvalue weighted by molar-refractivity contribution is 0.593. The molecule has 0 saturated carbocycles. The van der Waals surface area contributed by atoms with E-state index in [2.05, 4.69) is 35.0 Å². The van der Waals surface area contributed by atoms with Crippen LogP contribution in [0.15, 0.2) is 124 Å². The number of rotatable bonds is 6. The maximum atomic E-state index is 13.9. The van der Waals surface area contributed by atoms with E-state index in [9.17, 15) is 8.42 Å². The Kier molecular flexibility index (Phi) is 7.23. The number of hydrogen-bond acceptors (Lipinski definition) is 4. The van der Waals surface area contributed by atoms with Crippen molar-refractivity contribution in [2.24, 2.45) is 4.15 Å². The smallest absolute Gasteiger partial charge is 0.284 e. The summed E-state index contributed by atoms with van der Waals surface area (Å²) in [4.78, 5) is 2.21. The molecular weight excluding hydrogens is 547 g/mol. The molecule has 5 rings (SSSR count). The summed E-state index contributed by atoms with van der Waals surface area (Å²) in [6.45, 7) is 6.18. The number of para-hydroxylation sites is 1. The van der Waals surface area contributed by atoms with Gasteiger partial charge in [-0.1, -0.05) is 85.6 Å². The average Bonchev–Trinajstić information content (AvgIpc) is 3.10. The largest absolute Gasteiger partial charge is 0.451 e. The van der Waals surface area contributed by atoms with E-state index in [1.165, 1.54) is 0 Å². The fourth-order valence-electron chi connectivity index (χ4n) is 4.88. The molecule has 0 fully saturated rings. The molecule has 0 aliphatic carbocycles. The predicted octanol–water partition coefficient (Wildman–Crippen LogP) is 8.13. The Morgan fingerprint density at radius 3 is 2.23 bits per heavy atom. The third-order valence-corrected chi connectivity index (χ3v) is 12.0. The highest BCUT2D eigenvalue weighted by molar-refractivity contribution is 7.95. The summed E-state index contributed by atoms with van der Waals surface area (Å²) in [5.41, 5.74) is 3.65. The zero-order valence-corrected chi connectivity index (χ0v) is 24.7. The molecule has 200 valence electrons. The van der Waals surface area contributed by atoms with Crippen LogP contribution in [-0.2, 0) is 15.4 Å². The Labute approximate surface area is 235 Å². The number of fused-ring (bicyclic) bond motifs is 1. The average molecular weight is 577 g/mol. The fourth-order valence-corrected chi connectivity index (χ4v) is 10.1. The molecule has 0 bridgehead atoms. The number of halogens is 1. The molecule has 4 aromatic rings. The van der Waals surface area contributed by atoms with E-state index in [0.29, 0.717) is 16.1 Å². The van der Waals surface area contributed by atoms with Gasteiger partial charge in [-0.15, -0.1) is 4.15 Å². The highest BCUT2D eigenvalue weighted by Gasteiger charge is 2.41. The van der Waals surface area contributed by atoms with Crippen molar-refractivity contribution < 1.29 is 12.9 Å². The maximum Gasteiger partial charge on any atom is 0.284 e. The van der Waals surface area contributed by atoms with Crippen molar-refractivity contribution in [2.45, 2.75) is 31.1 Å². The normalized spacial score (nSPS) is 16.9. The van der Waals surface area contributed by atoms with Gasteiger partial charge in [-0.05, 0) is 61.0 Å². The van der Waals surface area contributed by atoms with Gasteiger partial charge < -0.3 is 9.42 Å². The van der Waals surface area contributed by atoms with Crippen molar-refractivity contribution in [3.8, 4) is 5.75 Å². The molecule has 1 aliphatic heterocycles. The molecule has 0 saturated heterocycles. The molecule has 0 aromatic heterocycles. The minimum absolute atomic E-state index is 0.115. The molecule has 1 atom stereocenters. The zero-order chi connectivity index (χ0) is 27.8. The number of anilines is 1. The number of likely N-dealkylation sites (N-methyl/N-ethyl adjacent to an activating group) is 1. The Hall–Kier alpha value is -3.31. The minimum Gasteiger partial charge on any atom is -0.451 e. The molecular formula is C31H30ClN2O3PS. The van der Waals surface area contributed by atoms with Gasteiger partial charge in [0.05, 0.1) is 4.90 Å². The van der Waals surface area contributed by atoms with E-state index in [-0.39, 0.29) is 4.90 Å². The van der Waals surface area contributed by atoms with Crippen LogP contribution in [0.2, 0.25) is 5.02 Å². The van der Waals surface area contributed by atoms with Gasteiger partial charge in [0.25, 0.3) is 10.0 Å². The van der Waals surface area contributed by atoms with Gasteiger partial charge in [0.2, 0.25) is 7.28 Å². The molecule has 8 heteroatoms. The van der Waals surface area contributed by atoms with Crippen LogP contribution in [0.5, 0.6) is 5.75 Å². The summed E-state index contributed by atoms with van der Waals surface area (Å²) in [6.07, 6.45) is 0. The summed E-state index contributed by atoms with van der Waals surface area (Å²) in [7, 11) is -5.54. The van der Waals surface area contributed by atoms with Crippen LogP contribution in [0.1, 0.15) is 25.0 Å². The second kappa shape index (κ2) is 10.3. The van der Waals surface area contributed by atoms with Crippen molar-refractivity contribution in [1.29, 1.82) is 0 Å². The first-order valence-electron chi connectivity index (χ1n) is 12.5. The van der Waals surface area contributed by atoms with E-state index in [1.807, 2.05) is 62.3 Å². The van der Waals surface area contributed by atoms with Gasteiger partial charge in [0, 0.05) is 40.0 Å². The number of allylic oxidation sites excluding steroid dienone is 1. The summed E-state index contributed by atoms with van der Waals surface area (Å²) < 4.78 is 39.3.